The molecule has 1 N–H and O–H groups in total. The molecule has 4 aromatic carbocycles. The van der Waals surface area contributed by atoms with Crippen molar-refractivity contribution in [1.82, 2.24) is 10.2 Å². The van der Waals surface area contributed by atoms with Crippen LogP contribution in [0.15, 0.2) is 91.0 Å². The summed E-state index contributed by atoms with van der Waals surface area (Å²) in [4.78, 5) is 15.3. The van der Waals surface area contributed by atoms with E-state index in [9.17, 15) is 4.79 Å². The summed E-state index contributed by atoms with van der Waals surface area (Å²) in [6.45, 7) is 8.21. The molecule has 0 aliphatic heterocycles. The molecule has 0 saturated carbocycles. The molecule has 1 atom stereocenters. The number of benzene rings is 4. The average Bonchev–Trinajstić information content (AvgIpc) is 2.85. The summed E-state index contributed by atoms with van der Waals surface area (Å²) in [6.07, 6.45) is 0.465. The molecule has 0 aliphatic rings. The Hall–Kier alpha value is -3.43. The monoisotopic (exact) mass is 450 g/mol. The van der Waals surface area contributed by atoms with Crippen molar-refractivity contribution in [3.05, 3.63) is 119 Å². The van der Waals surface area contributed by atoms with E-state index in [0.717, 1.165) is 11.1 Å². The lowest BCUT2D eigenvalue weighted by atomic mass is 9.99. The van der Waals surface area contributed by atoms with Crippen LogP contribution in [0.3, 0.4) is 0 Å². The number of nitrogens with one attached hydrogen (secondary N) is 1. The maximum absolute atomic E-state index is 13.3. The molecule has 174 valence electrons. The number of hydrogen-bond acceptors (Lipinski definition) is 2. The summed E-state index contributed by atoms with van der Waals surface area (Å²) in [6, 6.07) is 31.9. The fourth-order valence-corrected chi connectivity index (χ4v) is 4.35. The zero-order chi connectivity index (χ0) is 23.9. The van der Waals surface area contributed by atoms with Gasteiger partial charge in [0, 0.05) is 32.1 Å². The summed E-state index contributed by atoms with van der Waals surface area (Å²) >= 11 is 0. The fraction of sp³-hybridized carbons (Fsp3) is 0.258. The summed E-state index contributed by atoms with van der Waals surface area (Å²) < 4.78 is 0. The lowest BCUT2D eigenvalue weighted by Crippen LogP contribution is -2.33. The first-order valence-electron chi connectivity index (χ1n) is 12.1. The Morgan fingerprint density at radius 1 is 0.765 bits per heavy atom. The molecule has 0 unspecified atom stereocenters. The van der Waals surface area contributed by atoms with E-state index in [0.29, 0.717) is 26.1 Å². The van der Waals surface area contributed by atoms with E-state index in [-0.39, 0.29) is 11.9 Å². The van der Waals surface area contributed by atoms with Gasteiger partial charge in [-0.3, -0.25) is 4.79 Å². The Bertz CT molecular complexity index is 1180. The minimum absolute atomic E-state index is 0.166. The van der Waals surface area contributed by atoms with Crippen LogP contribution in [0.5, 0.6) is 0 Å². The lowest BCUT2D eigenvalue weighted by Gasteiger charge is -2.24. The van der Waals surface area contributed by atoms with Crippen LogP contribution < -0.4 is 5.32 Å². The highest BCUT2D eigenvalue weighted by Gasteiger charge is 2.16. The highest BCUT2D eigenvalue weighted by atomic mass is 16.2. The number of rotatable bonds is 9. The average molecular weight is 451 g/mol. The van der Waals surface area contributed by atoms with Gasteiger partial charge >= 0.3 is 0 Å². The second-order valence-electron chi connectivity index (χ2n) is 9.22. The summed E-state index contributed by atoms with van der Waals surface area (Å²) in [7, 11) is 0. The van der Waals surface area contributed by atoms with E-state index in [2.05, 4.69) is 117 Å². The lowest BCUT2D eigenvalue weighted by molar-refractivity contribution is -0.132. The van der Waals surface area contributed by atoms with Crippen molar-refractivity contribution in [1.29, 1.82) is 0 Å². The van der Waals surface area contributed by atoms with Crippen LogP contribution in [0.25, 0.3) is 10.8 Å². The molecule has 34 heavy (non-hydrogen) atoms. The first kappa shape index (κ1) is 23.7. The zero-order valence-corrected chi connectivity index (χ0v) is 20.4. The first-order chi connectivity index (χ1) is 16.5. The topological polar surface area (TPSA) is 32.3 Å². The summed E-state index contributed by atoms with van der Waals surface area (Å²) in [5, 5.41) is 6.08. The minimum Gasteiger partial charge on any atom is -0.334 e. The highest BCUT2D eigenvalue weighted by Crippen LogP contribution is 2.24. The van der Waals surface area contributed by atoms with Gasteiger partial charge in [-0.1, -0.05) is 102 Å². The van der Waals surface area contributed by atoms with Gasteiger partial charge in [-0.25, -0.2) is 0 Å². The van der Waals surface area contributed by atoms with Crippen molar-refractivity contribution in [3.8, 4) is 0 Å². The number of nitrogens with zero attached hydrogens (tertiary/aromatic N) is 1. The third-order valence-corrected chi connectivity index (χ3v) is 6.42. The maximum Gasteiger partial charge on any atom is 0.224 e. The van der Waals surface area contributed by atoms with Gasteiger partial charge in [0.05, 0.1) is 0 Å². The number of fused-ring (bicyclic) bond motifs is 1. The molecular weight excluding hydrogens is 416 g/mol. The number of carbonyl (C=O) groups is 1. The van der Waals surface area contributed by atoms with Crippen LogP contribution >= 0.6 is 0 Å². The van der Waals surface area contributed by atoms with Gasteiger partial charge in [0.15, 0.2) is 0 Å². The molecule has 0 radical (unpaired) electrons. The van der Waals surface area contributed by atoms with Crippen molar-refractivity contribution >= 4 is 16.7 Å². The number of aryl methyl sites for hydroxylation is 2. The van der Waals surface area contributed by atoms with Crippen LogP contribution in [0.1, 0.15) is 47.2 Å². The second-order valence-corrected chi connectivity index (χ2v) is 9.22. The van der Waals surface area contributed by atoms with E-state index in [1.165, 1.54) is 27.5 Å². The Morgan fingerprint density at radius 3 is 1.94 bits per heavy atom. The molecule has 0 aliphatic carbocycles. The molecule has 0 fully saturated rings. The third-order valence-electron chi connectivity index (χ3n) is 6.42. The molecule has 4 rings (SSSR count). The van der Waals surface area contributed by atoms with Crippen molar-refractivity contribution in [2.24, 2.45) is 0 Å². The number of hydrogen-bond donors (Lipinski definition) is 1. The van der Waals surface area contributed by atoms with Gasteiger partial charge in [0.2, 0.25) is 5.91 Å². The second kappa shape index (κ2) is 11.1. The molecule has 0 spiro atoms. The molecular formula is C31H34N2O. The van der Waals surface area contributed by atoms with E-state index in [1.54, 1.807) is 0 Å². The van der Waals surface area contributed by atoms with Crippen molar-refractivity contribution in [3.63, 3.8) is 0 Å². The molecule has 3 nitrogen and oxygen atoms in total. The SMILES string of the molecule is Cc1ccc(CN(Cc2ccc(C)cc2)C(=O)CCN[C@H](C)c2cccc3ccccc23)cc1. The van der Waals surface area contributed by atoms with Gasteiger partial charge in [-0.2, -0.15) is 0 Å². The molecule has 0 saturated heterocycles. The van der Waals surface area contributed by atoms with E-state index < -0.39 is 0 Å². The van der Waals surface area contributed by atoms with Crippen LogP contribution in [-0.4, -0.2) is 17.4 Å². The Balaban J connectivity index is 1.41. The Morgan fingerprint density at radius 2 is 1.32 bits per heavy atom. The van der Waals surface area contributed by atoms with E-state index in [1.807, 2.05) is 4.90 Å². The molecule has 4 aromatic rings. The van der Waals surface area contributed by atoms with Crippen LogP contribution in [0.4, 0.5) is 0 Å². The zero-order valence-electron chi connectivity index (χ0n) is 20.4. The van der Waals surface area contributed by atoms with Crippen molar-refractivity contribution in [2.45, 2.75) is 46.3 Å². The molecule has 1 amide bonds. The highest BCUT2D eigenvalue weighted by molar-refractivity contribution is 5.86. The first-order valence-corrected chi connectivity index (χ1v) is 12.1. The standard InChI is InChI=1S/C31H34N2O/c1-23-11-15-26(16-12-23)21-33(22-27-17-13-24(2)14-18-27)31(34)19-20-32-25(3)29-10-6-8-28-7-4-5-9-30(28)29/h4-18,25,32H,19-22H2,1-3H3/t25-/m1/s1. The largest absolute Gasteiger partial charge is 0.334 e. The van der Waals surface area contributed by atoms with Crippen LogP contribution in [0.2, 0.25) is 0 Å². The molecule has 0 bridgehead atoms. The van der Waals surface area contributed by atoms with E-state index >= 15 is 0 Å². The van der Waals surface area contributed by atoms with Gasteiger partial charge in [0.25, 0.3) is 0 Å². The van der Waals surface area contributed by atoms with Crippen molar-refractivity contribution in [2.75, 3.05) is 6.54 Å². The fourth-order valence-electron chi connectivity index (χ4n) is 4.35. The van der Waals surface area contributed by atoms with Gasteiger partial charge in [0.1, 0.15) is 0 Å². The molecule has 3 heteroatoms. The Kier molecular flexibility index (Phi) is 7.76. The van der Waals surface area contributed by atoms with E-state index in [4.69, 9.17) is 0 Å². The Labute approximate surface area is 203 Å². The minimum atomic E-state index is 0.166. The molecule has 0 heterocycles. The summed E-state index contributed by atoms with van der Waals surface area (Å²) in [5.41, 5.74) is 6.03. The van der Waals surface area contributed by atoms with Crippen LogP contribution in [0, 0.1) is 13.8 Å². The maximum atomic E-state index is 13.3. The predicted octanol–water partition coefficient (Wildman–Crippen LogP) is 6.73. The van der Waals surface area contributed by atoms with Gasteiger partial charge in [-0.05, 0) is 48.2 Å². The molecule has 0 aromatic heterocycles. The quantitative estimate of drug-likeness (QED) is 0.307. The number of amides is 1. The number of carbonyl (C=O) groups excluding carboxylic acids is 1. The smallest absolute Gasteiger partial charge is 0.224 e. The third kappa shape index (κ3) is 6.12. The van der Waals surface area contributed by atoms with Crippen molar-refractivity contribution < 1.29 is 4.79 Å². The predicted molar refractivity (Wildman–Crippen MR) is 142 cm³/mol. The normalized spacial score (nSPS) is 12.0. The van der Waals surface area contributed by atoms with Crippen LogP contribution in [-0.2, 0) is 17.9 Å². The van der Waals surface area contributed by atoms with Gasteiger partial charge in [-0.15, -0.1) is 0 Å². The van der Waals surface area contributed by atoms with Gasteiger partial charge < -0.3 is 10.2 Å². The summed E-state index contributed by atoms with van der Waals surface area (Å²) in [5.74, 6) is 0.166.